The van der Waals surface area contributed by atoms with Crippen LogP contribution in [0.15, 0.2) is 35.4 Å². The standard InChI is InChI=1S/C19H22N2O2S/c1-21-17(19(22)23)20-15-14(12-8-4-2-5-9-12)16(24-18(15)21)13-10-6-3-7-11-13/h3,6-7,10-12,14,16H,2,4-5,8-9H2,1H3,(H,22,23)/t14-,16+/m0/s1. The van der Waals surface area contributed by atoms with E-state index in [1.165, 1.54) is 37.7 Å². The summed E-state index contributed by atoms with van der Waals surface area (Å²) in [6, 6.07) is 10.6. The zero-order valence-electron chi connectivity index (χ0n) is 13.8. The Morgan fingerprint density at radius 3 is 2.58 bits per heavy atom. The van der Waals surface area contributed by atoms with E-state index in [9.17, 15) is 9.90 Å². The number of rotatable bonds is 3. The zero-order chi connectivity index (χ0) is 16.7. The van der Waals surface area contributed by atoms with E-state index in [-0.39, 0.29) is 5.82 Å². The molecule has 4 nitrogen and oxygen atoms in total. The van der Waals surface area contributed by atoms with Crippen LogP contribution in [-0.2, 0) is 7.05 Å². The number of carboxylic acids is 1. The van der Waals surface area contributed by atoms with Crippen molar-refractivity contribution >= 4 is 17.7 Å². The van der Waals surface area contributed by atoms with E-state index in [0.29, 0.717) is 17.1 Å². The van der Waals surface area contributed by atoms with Gasteiger partial charge < -0.3 is 9.67 Å². The normalized spacial score (nSPS) is 24.0. The molecule has 2 aromatic rings. The van der Waals surface area contributed by atoms with Crippen LogP contribution < -0.4 is 0 Å². The maximum atomic E-state index is 11.5. The highest BCUT2D eigenvalue weighted by Gasteiger charge is 2.43. The van der Waals surface area contributed by atoms with Crippen molar-refractivity contribution in [2.24, 2.45) is 13.0 Å². The minimum Gasteiger partial charge on any atom is -0.475 e. The van der Waals surface area contributed by atoms with Gasteiger partial charge in [0, 0.05) is 18.2 Å². The van der Waals surface area contributed by atoms with Gasteiger partial charge in [-0.1, -0.05) is 61.4 Å². The lowest BCUT2D eigenvalue weighted by atomic mass is 9.76. The summed E-state index contributed by atoms with van der Waals surface area (Å²) < 4.78 is 1.76. The van der Waals surface area contributed by atoms with E-state index in [2.05, 4.69) is 29.2 Å². The number of carbonyl (C=O) groups is 1. The molecule has 1 N–H and O–H groups in total. The number of aromatic carboxylic acids is 1. The molecule has 1 aromatic carbocycles. The molecule has 0 bridgehead atoms. The van der Waals surface area contributed by atoms with Gasteiger partial charge in [-0.05, 0) is 24.3 Å². The molecule has 1 aliphatic heterocycles. The zero-order valence-corrected chi connectivity index (χ0v) is 14.6. The van der Waals surface area contributed by atoms with E-state index >= 15 is 0 Å². The van der Waals surface area contributed by atoms with Crippen LogP contribution in [0.5, 0.6) is 0 Å². The third-order valence-corrected chi connectivity index (χ3v) is 6.95. The topological polar surface area (TPSA) is 55.1 Å². The number of benzene rings is 1. The number of thioether (sulfide) groups is 1. The van der Waals surface area contributed by atoms with Crippen molar-refractivity contribution in [3.63, 3.8) is 0 Å². The SMILES string of the molecule is Cn1c(C(=O)O)nc2c1S[C@H](c1ccccc1)[C@H]2C1CCCCC1. The van der Waals surface area contributed by atoms with Gasteiger partial charge in [0.15, 0.2) is 0 Å². The Bertz CT molecular complexity index is 750. The predicted octanol–water partition coefficient (Wildman–Crippen LogP) is 4.63. The van der Waals surface area contributed by atoms with Crippen LogP contribution in [-0.4, -0.2) is 20.6 Å². The summed E-state index contributed by atoms with van der Waals surface area (Å²) >= 11 is 1.79. The van der Waals surface area contributed by atoms with Gasteiger partial charge in [0.25, 0.3) is 0 Å². The summed E-state index contributed by atoms with van der Waals surface area (Å²) in [6.07, 6.45) is 6.34. The summed E-state index contributed by atoms with van der Waals surface area (Å²) in [4.78, 5) is 16.0. The Kier molecular flexibility index (Phi) is 4.12. The van der Waals surface area contributed by atoms with Gasteiger partial charge in [0.05, 0.1) is 10.7 Å². The molecule has 2 aliphatic rings. The Balaban J connectivity index is 1.77. The molecule has 0 unspecified atom stereocenters. The molecule has 0 spiro atoms. The highest BCUT2D eigenvalue weighted by atomic mass is 32.2. The van der Waals surface area contributed by atoms with Gasteiger partial charge >= 0.3 is 5.97 Å². The van der Waals surface area contributed by atoms with Gasteiger partial charge in [-0.2, -0.15) is 0 Å². The highest BCUT2D eigenvalue weighted by molar-refractivity contribution is 7.99. The van der Waals surface area contributed by atoms with E-state index < -0.39 is 5.97 Å². The first kappa shape index (κ1) is 15.8. The summed E-state index contributed by atoms with van der Waals surface area (Å²) in [7, 11) is 1.83. The Labute approximate surface area is 146 Å². The molecular weight excluding hydrogens is 320 g/mol. The average molecular weight is 342 g/mol. The van der Waals surface area contributed by atoms with Crippen LogP contribution in [0.2, 0.25) is 0 Å². The van der Waals surface area contributed by atoms with E-state index in [1.807, 2.05) is 13.1 Å². The van der Waals surface area contributed by atoms with Gasteiger partial charge in [0.2, 0.25) is 5.82 Å². The largest absolute Gasteiger partial charge is 0.475 e. The minimum absolute atomic E-state index is 0.167. The number of hydrogen-bond acceptors (Lipinski definition) is 3. The predicted molar refractivity (Wildman–Crippen MR) is 94.5 cm³/mol. The van der Waals surface area contributed by atoms with E-state index in [0.717, 1.165) is 10.7 Å². The molecule has 0 amide bonds. The van der Waals surface area contributed by atoms with E-state index in [4.69, 9.17) is 0 Å². The quantitative estimate of drug-likeness (QED) is 0.883. The van der Waals surface area contributed by atoms with Crippen molar-refractivity contribution < 1.29 is 9.90 Å². The molecule has 1 aliphatic carbocycles. The molecule has 5 heteroatoms. The number of imidazole rings is 1. The second kappa shape index (κ2) is 6.28. The molecule has 2 heterocycles. The summed E-state index contributed by atoms with van der Waals surface area (Å²) in [5.74, 6) is 0.159. The second-order valence-corrected chi connectivity index (χ2v) is 7.99. The lowest BCUT2D eigenvalue weighted by Gasteiger charge is -2.31. The average Bonchev–Trinajstić information content (AvgIpc) is 3.14. The van der Waals surface area contributed by atoms with Crippen LogP contribution in [0.1, 0.15) is 65.1 Å². The Morgan fingerprint density at radius 2 is 1.92 bits per heavy atom. The van der Waals surface area contributed by atoms with Gasteiger partial charge in [0.1, 0.15) is 0 Å². The maximum absolute atomic E-state index is 11.5. The molecule has 1 fully saturated rings. The fraction of sp³-hybridized carbons (Fsp3) is 0.474. The summed E-state index contributed by atoms with van der Waals surface area (Å²) in [6.45, 7) is 0. The molecule has 24 heavy (non-hydrogen) atoms. The van der Waals surface area contributed by atoms with Crippen LogP contribution in [0.25, 0.3) is 0 Å². The van der Waals surface area contributed by atoms with Crippen LogP contribution >= 0.6 is 11.8 Å². The van der Waals surface area contributed by atoms with Crippen LogP contribution in [0, 0.1) is 5.92 Å². The summed E-state index contributed by atoms with van der Waals surface area (Å²) in [5, 5.41) is 10.8. The molecule has 0 saturated heterocycles. The molecule has 1 saturated carbocycles. The first-order chi connectivity index (χ1) is 11.7. The van der Waals surface area contributed by atoms with Crippen molar-refractivity contribution in [1.82, 2.24) is 9.55 Å². The lowest BCUT2D eigenvalue weighted by molar-refractivity contribution is 0.0678. The molecular formula is C19H22N2O2S. The number of carboxylic acid groups (broad SMARTS) is 1. The minimum atomic E-state index is -0.939. The van der Waals surface area contributed by atoms with Crippen molar-refractivity contribution in [2.75, 3.05) is 0 Å². The van der Waals surface area contributed by atoms with E-state index in [1.54, 1.807) is 16.3 Å². The maximum Gasteiger partial charge on any atom is 0.372 e. The van der Waals surface area contributed by atoms with Crippen LogP contribution in [0.3, 0.4) is 0 Å². The highest BCUT2D eigenvalue weighted by Crippen LogP contribution is 2.58. The Morgan fingerprint density at radius 1 is 1.21 bits per heavy atom. The fourth-order valence-electron chi connectivity index (χ4n) is 4.27. The third-order valence-electron chi connectivity index (χ3n) is 5.43. The van der Waals surface area contributed by atoms with Crippen LogP contribution in [0.4, 0.5) is 0 Å². The molecule has 4 rings (SSSR count). The first-order valence-corrected chi connectivity index (χ1v) is 9.56. The second-order valence-electron chi connectivity index (χ2n) is 6.86. The molecule has 2 atom stereocenters. The third kappa shape index (κ3) is 2.55. The van der Waals surface area contributed by atoms with Crippen molar-refractivity contribution in [2.45, 2.75) is 48.3 Å². The number of fused-ring (bicyclic) bond motifs is 1. The van der Waals surface area contributed by atoms with Gasteiger partial charge in [-0.25, -0.2) is 9.78 Å². The lowest BCUT2D eigenvalue weighted by Crippen LogP contribution is -2.19. The summed E-state index contributed by atoms with van der Waals surface area (Å²) in [5.41, 5.74) is 2.34. The van der Waals surface area contributed by atoms with Gasteiger partial charge in [-0.15, -0.1) is 0 Å². The fourth-order valence-corrected chi connectivity index (χ4v) is 5.85. The van der Waals surface area contributed by atoms with Crippen molar-refractivity contribution in [3.05, 3.63) is 47.4 Å². The van der Waals surface area contributed by atoms with Crippen molar-refractivity contribution in [3.8, 4) is 0 Å². The smallest absolute Gasteiger partial charge is 0.372 e. The number of nitrogens with zero attached hydrogens (tertiary/aromatic N) is 2. The van der Waals surface area contributed by atoms with Crippen molar-refractivity contribution in [1.29, 1.82) is 0 Å². The Hall–Kier alpha value is -1.75. The number of hydrogen-bond donors (Lipinski definition) is 1. The van der Waals surface area contributed by atoms with Gasteiger partial charge in [-0.3, -0.25) is 0 Å². The number of aromatic nitrogens is 2. The molecule has 0 radical (unpaired) electrons. The molecule has 1 aromatic heterocycles. The monoisotopic (exact) mass is 342 g/mol. The molecule has 126 valence electrons. The first-order valence-electron chi connectivity index (χ1n) is 8.68.